The molecule has 1 aromatic heterocycles. The van der Waals surface area contributed by atoms with Gasteiger partial charge in [-0.3, -0.25) is 4.79 Å². The van der Waals surface area contributed by atoms with Gasteiger partial charge in [0.2, 0.25) is 11.7 Å². The van der Waals surface area contributed by atoms with E-state index in [1.807, 2.05) is 13.8 Å². The molecule has 0 saturated heterocycles. The van der Waals surface area contributed by atoms with E-state index in [1.165, 1.54) is 6.07 Å². The Morgan fingerprint density at radius 1 is 1.50 bits per heavy atom. The number of nitriles is 1. The van der Waals surface area contributed by atoms with Gasteiger partial charge in [-0.2, -0.15) is 10.1 Å². The highest BCUT2D eigenvalue weighted by Crippen LogP contribution is 2.18. The van der Waals surface area contributed by atoms with Crippen LogP contribution in [0.5, 0.6) is 0 Å². The first-order chi connectivity index (χ1) is 11.2. The molecule has 0 spiro atoms. The molecule has 0 bridgehead atoms. The molecule has 8 heteroatoms. The minimum absolute atomic E-state index is 0.0482. The number of nitrogens with one attached hydrogen (secondary N) is 1. The van der Waals surface area contributed by atoms with E-state index in [4.69, 9.17) is 0 Å². The number of benzene rings is 1. The zero-order valence-electron chi connectivity index (χ0n) is 14.0. The smallest absolute Gasteiger partial charge is 0.244 e. The Labute approximate surface area is 139 Å². The van der Waals surface area contributed by atoms with Crippen LogP contribution in [0.4, 0.5) is 4.39 Å². The van der Waals surface area contributed by atoms with Crippen LogP contribution in [0.25, 0.3) is 11.4 Å². The van der Waals surface area contributed by atoms with Gasteiger partial charge < -0.3 is 5.32 Å². The summed E-state index contributed by atoms with van der Waals surface area (Å²) in [4.78, 5) is 13.2. The van der Waals surface area contributed by atoms with E-state index in [1.54, 1.807) is 26.0 Å². The minimum atomic E-state index is -0.964. The van der Waals surface area contributed by atoms with Crippen LogP contribution in [0.3, 0.4) is 0 Å². The number of carbonyl (C=O) groups is 1. The van der Waals surface area contributed by atoms with Gasteiger partial charge in [-0.1, -0.05) is 13.8 Å². The van der Waals surface area contributed by atoms with Crippen LogP contribution in [0, 0.1) is 30.0 Å². The highest BCUT2D eigenvalue weighted by molar-refractivity contribution is 5.77. The van der Waals surface area contributed by atoms with Gasteiger partial charge in [0.05, 0.1) is 6.07 Å². The zero-order valence-corrected chi connectivity index (χ0v) is 14.0. The molecule has 0 saturated carbocycles. The molecule has 2 aromatic rings. The van der Waals surface area contributed by atoms with Crippen molar-refractivity contribution in [2.75, 3.05) is 0 Å². The Morgan fingerprint density at radius 2 is 2.21 bits per heavy atom. The lowest BCUT2D eigenvalue weighted by atomic mass is 9.90. The van der Waals surface area contributed by atoms with E-state index in [0.29, 0.717) is 17.0 Å². The predicted molar refractivity (Wildman–Crippen MR) is 84.9 cm³/mol. The average Bonchev–Trinajstić information content (AvgIpc) is 2.97. The summed E-state index contributed by atoms with van der Waals surface area (Å²) < 4.78 is 13.3. The van der Waals surface area contributed by atoms with E-state index in [2.05, 4.69) is 26.8 Å². The molecule has 1 aromatic carbocycles. The van der Waals surface area contributed by atoms with Crippen LogP contribution in [0.1, 0.15) is 26.3 Å². The molecule has 1 heterocycles. The first-order valence-electron chi connectivity index (χ1n) is 7.52. The molecule has 0 aliphatic heterocycles. The average molecular weight is 330 g/mol. The topological polar surface area (TPSA) is 96.5 Å². The van der Waals surface area contributed by atoms with E-state index in [0.717, 1.165) is 4.80 Å². The summed E-state index contributed by atoms with van der Waals surface area (Å²) in [6.07, 6.45) is 0. The van der Waals surface area contributed by atoms with Crippen LogP contribution >= 0.6 is 0 Å². The number of nitrogens with zero attached hydrogens (tertiary/aromatic N) is 5. The molecule has 2 rings (SSSR count). The van der Waals surface area contributed by atoms with Gasteiger partial charge in [-0.25, -0.2) is 4.39 Å². The number of carbonyl (C=O) groups excluding carboxylic acids is 1. The minimum Gasteiger partial charge on any atom is -0.336 e. The zero-order chi connectivity index (χ0) is 17.9. The number of rotatable bonds is 5. The number of aryl methyl sites for hydroxylation is 1. The van der Waals surface area contributed by atoms with Crippen molar-refractivity contribution in [1.29, 1.82) is 5.26 Å². The molecule has 0 fully saturated rings. The third kappa shape index (κ3) is 3.74. The van der Waals surface area contributed by atoms with Crippen LogP contribution in [-0.4, -0.2) is 31.7 Å². The third-order valence-electron chi connectivity index (χ3n) is 3.94. The second kappa shape index (κ2) is 6.74. The van der Waals surface area contributed by atoms with E-state index in [9.17, 15) is 14.4 Å². The molecule has 1 N–H and O–H groups in total. The van der Waals surface area contributed by atoms with Crippen molar-refractivity contribution in [3.63, 3.8) is 0 Å². The molecule has 126 valence electrons. The molecule has 0 aliphatic rings. The van der Waals surface area contributed by atoms with Gasteiger partial charge in [-0.15, -0.1) is 10.2 Å². The Hall–Kier alpha value is -2.82. The maximum atomic E-state index is 13.3. The first kappa shape index (κ1) is 17.5. The lowest BCUT2D eigenvalue weighted by Crippen LogP contribution is -2.50. The number of hydrogen-bond donors (Lipinski definition) is 1. The largest absolute Gasteiger partial charge is 0.336 e. The molecule has 1 amide bonds. The monoisotopic (exact) mass is 330 g/mol. The van der Waals surface area contributed by atoms with Crippen molar-refractivity contribution >= 4 is 5.91 Å². The molecule has 0 aliphatic carbocycles. The number of hydrogen-bond acceptors (Lipinski definition) is 5. The van der Waals surface area contributed by atoms with Crippen LogP contribution < -0.4 is 5.32 Å². The van der Waals surface area contributed by atoms with Gasteiger partial charge in [0, 0.05) is 5.56 Å². The molecule has 0 radical (unpaired) electrons. The molecular formula is C16H19FN6O. The van der Waals surface area contributed by atoms with Crippen LogP contribution in [0.15, 0.2) is 18.2 Å². The predicted octanol–water partition coefficient (Wildman–Crippen LogP) is 1.84. The van der Waals surface area contributed by atoms with Gasteiger partial charge in [0.15, 0.2) is 0 Å². The van der Waals surface area contributed by atoms with E-state index >= 15 is 0 Å². The Kier molecular flexibility index (Phi) is 4.93. The number of halogens is 1. The summed E-state index contributed by atoms with van der Waals surface area (Å²) in [5.74, 6) is -0.437. The second-order valence-electron chi connectivity index (χ2n) is 6.12. The number of amides is 1. The lowest BCUT2D eigenvalue weighted by Gasteiger charge is -2.27. The first-order valence-corrected chi connectivity index (χ1v) is 7.52. The van der Waals surface area contributed by atoms with Crippen molar-refractivity contribution in [2.24, 2.45) is 5.92 Å². The summed E-state index contributed by atoms with van der Waals surface area (Å²) in [5.41, 5.74) is 0.127. The van der Waals surface area contributed by atoms with Crippen molar-refractivity contribution in [3.8, 4) is 17.5 Å². The number of aromatic nitrogens is 4. The van der Waals surface area contributed by atoms with Gasteiger partial charge in [0.1, 0.15) is 17.9 Å². The van der Waals surface area contributed by atoms with Gasteiger partial charge in [0.25, 0.3) is 0 Å². The van der Waals surface area contributed by atoms with Gasteiger partial charge in [-0.05, 0) is 48.7 Å². The SMILES string of the molecule is Cc1cc(-c2nnn(CC(=O)NC(C)(C#N)C(C)C)n2)ccc1F. The fraction of sp³-hybridized carbons (Fsp3) is 0.438. The Morgan fingerprint density at radius 3 is 2.79 bits per heavy atom. The molecule has 1 unspecified atom stereocenters. The maximum Gasteiger partial charge on any atom is 0.244 e. The molecule has 24 heavy (non-hydrogen) atoms. The van der Waals surface area contributed by atoms with E-state index < -0.39 is 5.54 Å². The Bertz CT molecular complexity index is 794. The fourth-order valence-corrected chi connectivity index (χ4v) is 1.97. The molecular weight excluding hydrogens is 311 g/mol. The second-order valence-corrected chi connectivity index (χ2v) is 6.12. The van der Waals surface area contributed by atoms with Crippen LogP contribution in [0.2, 0.25) is 0 Å². The van der Waals surface area contributed by atoms with Crippen molar-refractivity contribution < 1.29 is 9.18 Å². The van der Waals surface area contributed by atoms with Crippen LogP contribution in [-0.2, 0) is 11.3 Å². The highest BCUT2D eigenvalue weighted by Gasteiger charge is 2.30. The highest BCUT2D eigenvalue weighted by atomic mass is 19.1. The summed E-state index contributed by atoms with van der Waals surface area (Å²) >= 11 is 0. The lowest BCUT2D eigenvalue weighted by molar-refractivity contribution is -0.123. The molecule has 7 nitrogen and oxygen atoms in total. The van der Waals surface area contributed by atoms with Crippen molar-refractivity contribution in [3.05, 3.63) is 29.6 Å². The summed E-state index contributed by atoms with van der Waals surface area (Å²) in [5, 5.41) is 23.7. The van der Waals surface area contributed by atoms with Crippen molar-refractivity contribution in [1.82, 2.24) is 25.5 Å². The quantitative estimate of drug-likeness (QED) is 0.902. The summed E-state index contributed by atoms with van der Waals surface area (Å²) in [6.45, 7) is 6.86. The summed E-state index contributed by atoms with van der Waals surface area (Å²) in [6, 6.07) is 6.60. The Balaban J connectivity index is 2.10. The van der Waals surface area contributed by atoms with E-state index in [-0.39, 0.29) is 24.2 Å². The summed E-state index contributed by atoms with van der Waals surface area (Å²) in [7, 11) is 0. The van der Waals surface area contributed by atoms with Crippen molar-refractivity contribution in [2.45, 2.75) is 39.8 Å². The maximum absolute atomic E-state index is 13.3. The number of tetrazole rings is 1. The normalized spacial score (nSPS) is 13.4. The fourth-order valence-electron chi connectivity index (χ4n) is 1.97. The third-order valence-corrected chi connectivity index (χ3v) is 3.94. The van der Waals surface area contributed by atoms with Gasteiger partial charge >= 0.3 is 0 Å². The molecule has 1 atom stereocenters. The standard InChI is InChI=1S/C16H19FN6O/c1-10(2)16(4,9-18)19-14(24)8-23-21-15(20-22-23)12-5-6-13(17)11(3)7-12/h5-7,10H,8H2,1-4H3,(H,19,24).